The molecule has 1 saturated heterocycles. The van der Waals surface area contributed by atoms with Gasteiger partial charge in [-0.3, -0.25) is 4.79 Å². The van der Waals surface area contributed by atoms with Gasteiger partial charge in [0.2, 0.25) is 10.0 Å². The van der Waals surface area contributed by atoms with E-state index in [2.05, 4.69) is 0 Å². The smallest absolute Gasteiger partial charge is 0.253 e. The zero-order valence-corrected chi connectivity index (χ0v) is 17.5. The van der Waals surface area contributed by atoms with Crippen molar-refractivity contribution < 1.29 is 18.3 Å². The topological polar surface area (TPSA) is 77.9 Å². The van der Waals surface area contributed by atoms with Gasteiger partial charge in [0.05, 0.1) is 4.90 Å². The van der Waals surface area contributed by atoms with Crippen molar-refractivity contribution in [2.45, 2.75) is 62.3 Å². The Bertz CT molecular complexity index is 755. The molecular formula is C21H32N2O4S. The van der Waals surface area contributed by atoms with Gasteiger partial charge in [0.15, 0.2) is 0 Å². The summed E-state index contributed by atoms with van der Waals surface area (Å²) < 4.78 is 27.4. The highest BCUT2D eigenvalue weighted by molar-refractivity contribution is 7.89. The monoisotopic (exact) mass is 408 g/mol. The first-order valence-corrected chi connectivity index (χ1v) is 11.9. The first-order valence-electron chi connectivity index (χ1n) is 10.4. The van der Waals surface area contributed by atoms with E-state index in [1.807, 2.05) is 4.90 Å². The summed E-state index contributed by atoms with van der Waals surface area (Å²) in [6.45, 7) is 1.52. The summed E-state index contributed by atoms with van der Waals surface area (Å²) in [4.78, 5) is 14.9. The molecule has 1 amide bonds. The van der Waals surface area contributed by atoms with E-state index in [1.165, 1.54) is 10.7 Å². The Kier molecular flexibility index (Phi) is 7.12. The van der Waals surface area contributed by atoms with Crippen molar-refractivity contribution in [1.82, 2.24) is 9.21 Å². The summed E-state index contributed by atoms with van der Waals surface area (Å²) in [6.07, 6.45) is 7.85. The Morgan fingerprint density at radius 1 is 1.11 bits per heavy atom. The second-order valence-electron chi connectivity index (χ2n) is 8.11. The van der Waals surface area contributed by atoms with Gasteiger partial charge in [-0.2, -0.15) is 4.31 Å². The van der Waals surface area contributed by atoms with E-state index in [0.29, 0.717) is 31.0 Å². The van der Waals surface area contributed by atoms with Gasteiger partial charge in [-0.15, -0.1) is 0 Å². The standard InChI is InChI=1S/C21H32N2O4S/c1-22(19-7-3-2-4-8-19)28(26,27)20-11-9-18(10-12-20)21(25)23-14-5-6-17(16-23)13-15-24/h9-12,17,19,24H,2-8,13-16H2,1H3/t17-/m1/s1. The van der Waals surface area contributed by atoms with Crippen LogP contribution in [0, 0.1) is 5.92 Å². The van der Waals surface area contributed by atoms with Crippen molar-refractivity contribution in [1.29, 1.82) is 0 Å². The van der Waals surface area contributed by atoms with E-state index in [9.17, 15) is 13.2 Å². The van der Waals surface area contributed by atoms with Crippen LogP contribution in [0.3, 0.4) is 0 Å². The molecule has 6 nitrogen and oxygen atoms in total. The van der Waals surface area contributed by atoms with Crippen LogP contribution in [0.2, 0.25) is 0 Å². The average Bonchev–Trinajstić information content (AvgIpc) is 2.74. The molecule has 7 heteroatoms. The van der Waals surface area contributed by atoms with Gasteiger partial charge >= 0.3 is 0 Å². The minimum Gasteiger partial charge on any atom is -0.396 e. The number of carbonyl (C=O) groups is 1. The van der Waals surface area contributed by atoms with Crippen LogP contribution in [0.25, 0.3) is 0 Å². The molecule has 1 aliphatic carbocycles. The van der Waals surface area contributed by atoms with Crippen LogP contribution >= 0.6 is 0 Å². The Labute approximate surface area is 168 Å². The highest BCUT2D eigenvalue weighted by Gasteiger charge is 2.29. The molecule has 0 aromatic heterocycles. The number of likely N-dealkylation sites (tertiary alicyclic amines) is 1. The second-order valence-corrected chi connectivity index (χ2v) is 10.1. The van der Waals surface area contributed by atoms with Crippen LogP contribution in [0.5, 0.6) is 0 Å². The zero-order valence-electron chi connectivity index (χ0n) is 16.7. The minimum absolute atomic E-state index is 0.0628. The molecule has 0 radical (unpaired) electrons. The fraction of sp³-hybridized carbons (Fsp3) is 0.667. The maximum Gasteiger partial charge on any atom is 0.253 e. The molecule has 156 valence electrons. The molecule has 2 fully saturated rings. The number of hydrogen-bond acceptors (Lipinski definition) is 4. The SMILES string of the molecule is CN(C1CCCCC1)S(=O)(=O)c1ccc(C(=O)N2CCC[C@H](CCO)C2)cc1. The van der Waals surface area contributed by atoms with Crippen LogP contribution in [0.15, 0.2) is 29.2 Å². The van der Waals surface area contributed by atoms with Gasteiger partial charge < -0.3 is 10.0 Å². The average molecular weight is 409 g/mol. The van der Waals surface area contributed by atoms with Crippen LogP contribution in [-0.4, -0.2) is 61.4 Å². The molecule has 1 atom stereocenters. The predicted molar refractivity (Wildman–Crippen MR) is 109 cm³/mol. The first-order chi connectivity index (χ1) is 13.4. The number of piperidine rings is 1. The molecule has 3 rings (SSSR count). The molecule has 1 saturated carbocycles. The quantitative estimate of drug-likeness (QED) is 0.785. The Hall–Kier alpha value is -1.44. The van der Waals surface area contributed by atoms with Crippen LogP contribution < -0.4 is 0 Å². The van der Waals surface area contributed by atoms with Gasteiger partial charge in [0.1, 0.15) is 0 Å². The number of aliphatic hydroxyl groups is 1. The fourth-order valence-corrected chi connectivity index (χ4v) is 5.84. The van der Waals surface area contributed by atoms with Gasteiger partial charge in [-0.1, -0.05) is 19.3 Å². The molecule has 1 aromatic carbocycles. The maximum atomic E-state index is 12.9. The number of benzene rings is 1. The molecule has 0 bridgehead atoms. The summed E-state index contributed by atoms with van der Waals surface area (Å²) in [7, 11) is -1.88. The zero-order chi connectivity index (χ0) is 20.1. The highest BCUT2D eigenvalue weighted by atomic mass is 32.2. The maximum absolute atomic E-state index is 12.9. The molecule has 0 unspecified atom stereocenters. The Morgan fingerprint density at radius 2 is 1.79 bits per heavy atom. The van der Waals surface area contributed by atoms with E-state index in [0.717, 1.165) is 38.5 Å². The van der Waals surface area contributed by atoms with Gasteiger partial charge in [-0.25, -0.2) is 8.42 Å². The summed E-state index contributed by atoms with van der Waals surface area (Å²) in [5.74, 6) is 0.277. The number of carbonyl (C=O) groups excluding carboxylic acids is 1. The van der Waals surface area contributed by atoms with Crippen LogP contribution in [0.1, 0.15) is 61.7 Å². The van der Waals surface area contributed by atoms with E-state index in [1.54, 1.807) is 31.3 Å². The van der Waals surface area contributed by atoms with Gasteiger partial charge in [-0.05, 0) is 62.3 Å². The van der Waals surface area contributed by atoms with E-state index in [4.69, 9.17) is 5.11 Å². The molecule has 0 spiro atoms. The van der Waals surface area contributed by atoms with Crippen LogP contribution in [-0.2, 0) is 10.0 Å². The third-order valence-corrected chi connectivity index (χ3v) is 8.14. The third-order valence-electron chi connectivity index (χ3n) is 6.21. The molecule has 2 aliphatic rings. The lowest BCUT2D eigenvalue weighted by Crippen LogP contribution is -2.40. The third kappa shape index (κ3) is 4.75. The number of sulfonamides is 1. The molecule has 28 heavy (non-hydrogen) atoms. The Balaban J connectivity index is 1.69. The number of nitrogens with zero attached hydrogens (tertiary/aromatic N) is 2. The van der Waals surface area contributed by atoms with Crippen LogP contribution in [0.4, 0.5) is 0 Å². The first kappa shape index (κ1) is 21.3. The van der Waals surface area contributed by atoms with Gasteiger partial charge in [0.25, 0.3) is 5.91 Å². The molecule has 1 aromatic rings. The largest absolute Gasteiger partial charge is 0.396 e. The number of hydrogen-bond donors (Lipinski definition) is 1. The summed E-state index contributed by atoms with van der Waals surface area (Å²) >= 11 is 0. The van der Waals surface area contributed by atoms with Crippen molar-refractivity contribution in [3.8, 4) is 0 Å². The van der Waals surface area contributed by atoms with Crippen molar-refractivity contribution in [2.75, 3.05) is 26.7 Å². The summed E-state index contributed by atoms with van der Waals surface area (Å²) in [6, 6.07) is 6.42. The molecular weight excluding hydrogens is 376 g/mol. The highest BCUT2D eigenvalue weighted by Crippen LogP contribution is 2.27. The van der Waals surface area contributed by atoms with Crippen molar-refractivity contribution in [3.05, 3.63) is 29.8 Å². The minimum atomic E-state index is -3.54. The molecule has 1 N–H and O–H groups in total. The lowest BCUT2D eigenvalue weighted by molar-refractivity contribution is 0.0653. The number of amides is 1. The lowest BCUT2D eigenvalue weighted by atomic mass is 9.94. The normalized spacial score (nSPS) is 21.8. The summed E-state index contributed by atoms with van der Waals surface area (Å²) in [5.41, 5.74) is 0.518. The molecule has 1 aliphatic heterocycles. The lowest BCUT2D eigenvalue weighted by Gasteiger charge is -2.32. The molecule has 1 heterocycles. The van der Waals surface area contributed by atoms with E-state index >= 15 is 0 Å². The second kappa shape index (κ2) is 9.37. The van der Waals surface area contributed by atoms with Crippen molar-refractivity contribution >= 4 is 15.9 Å². The van der Waals surface area contributed by atoms with E-state index in [-0.39, 0.29) is 23.5 Å². The summed E-state index contributed by atoms with van der Waals surface area (Å²) in [5, 5.41) is 9.14. The van der Waals surface area contributed by atoms with Gasteiger partial charge in [0, 0.05) is 38.3 Å². The predicted octanol–water partition coefficient (Wildman–Crippen LogP) is 2.87. The Morgan fingerprint density at radius 3 is 2.43 bits per heavy atom. The van der Waals surface area contributed by atoms with Crippen molar-refractivity contribution in [3.63, 3.8) is 0 Å². The number of aliphatic hydroxyl groups excluding tert-OH is 1. The van der Waals surface area contributed by atoms with E-state index < -0.39 is 10.0 Å². The number of rotatable bonds is 6. The van der Waals surface area contributed by atoms with Crippen molar-refractivity contribution in [2.24, 2.45) is 5.92 Å². The fourth-order valence-electron chi connectivity index (χ4n) is 4.43.